The summed E-state index contributed by atoms with van der Waals surface area (Å²) in [4.78, 5) is 5.46. The summed E-state index contributed by atoms with van der Waals surface area (Å²) in [6.07, 6.45) is 2.69. The third-order valence-electron chi connectivity index (χ3n) is 6.62. The molecule has 4 aliphatic rings. The first kappa shape index (κ1) is 15.4. The summed E-state index contributed by atoms with van der Waals surface area (Å²) in [6.45, 7) is 4.62. The zero-order valence-electron chi connectivity index (χ0n) is 14.6. The van der Waals surface area contributed by atoms with Gasteiger partial charge >= 0.3 is 0 Å². The van der Waals surface area contributed by atoms with Crippen LogP contribution in [0, 0.1) is 5.92 Å². The molecule has 0 amide bonds. The van der Waals surface area contributed by atoms with Crippen LogP contribution < -0.4 is 0 Å². The summed E-state index contributed by atoms with van der Waals surface area (Å²) in [6, 6.07) is 20.2. The molecule has 0 aromatic heterocycles. The molecule has 2 aromatic carbocycles. The number of hydrogen-bond acceptors (Lipinski definition) is 3. The van der Waals surface area contributed by atoms with Crippen molar-refractivity contribution in [3.63, 3.8) is 0 Å². The molecule has 25 heavy (non-hydrogen) atoms. The Balaban J connectivity index is 1.47. The standard InChI is InChI=1S/C22H26N2O/c25-19-8-4-5-16(13-19)14-24-15-20(17-6-2-1-3-7-17)22-21(24)18-9-11-23(22)12-10-18/h1-8,13,18,20-22,25H,9-12,14-15H2/t20-,21-,22-/m1/s1. The highest BCUT2D eigenvalue weighted by atomic mass is 16.3. The summed E-state index contributed by atoms with van der Waals surface area (Å²) >= 11 is 0. The molecule has 4 heterocycles. The van der Waals surface area contributed by atoms with Crippen LogP contribution in [0.3, 0.4) is 0 Å². The average molecular weight is 334 g/mol. The molecule has 3 atom stereocenters. The van der Waals surface area contributed by atoms with Crippen molar-refractivity contribution in [3.8, 4) is 5.75 Å². The third-order valence-corrected chi connectivity index (χ3v) is 6.62. The number of phenols is 1. The van der Waals surface area contributed by atoms with Gasteiger partial charge in [0.05, 0.1) is 0 Å². The van der Waals surface area contributed by atoms with Gasteiger partial charge in [-0.3, -0.25) is 9.80 Å². The normalized spacial score (nSPS) is 34.2. The molecular weight excluding hydrogens is 308 g/mol. The maximum absolute atomic E-state index is 9.83. The number of phenolic OH excluding ortho intramolecular Hbond substituents is 1. The first-order valence-corrected chi connectivity index (χ1v) is 9.60. The molecule has 4 fully saturated rings. The van der Waals surface area contributed by atoms with Gasteiger partial charge in [0, 0.05) is 31.1 Å². The Morgan fingerprint density at radius 2 is 1.72 bits per heavy atom. The lowest BCUT2D eigenvalue weighted by molar-refractivity contribution is -0.00870. The van der Waals surface area contributed by atoms with Crippen molar-refractivity contribution >= 4 is 0 Å². The van der Waals surface area contributed by atoms with E-state index in [1.165, 1.54) is 37.1 Å². The quantitative estimate of drug-likeness (QED) is 0.931. The van der Waals surface area contributed by atoms with Gasteiger partial charge in [-0.15, -0.1) is 0 Å². The van der Waals surface area contributed by atoms with E-state index in [0.717, 1.165) is 19.0 Å². The van der Waals surface area contributed by atoms with Crippen LogP contribution in [-0.2, 0) is 6.54 Å². The Bertz CT molecular complexity index is 739. The minimum absolute atomic E-state index is 0.377. The molecule has 0 spiro atoms. The van der Waals surface area contributed by atoms with Gasteiger partial charge in [-0.2, -0.15) is 0 Å². The number of nitrogens with zero attached hydrogens (tertiary/aromatic N) is 2. The fourth-order valence-corrected chi connectivity index (χ4v) is 5.61. The maximum atomic E-state index is 9.83. The van der Waals surface area contributed by atoms with Gasteiger partial charge in [0.25, 0.3) is 0 Å². The minimum atomic E-state index is 0.377. The van der Waals surface area contributed by atoms with Crippen molar-refractivity contribution in [1.29, 1.82) is 0 Å². The van der Waals surface area contributed by atoms with Crippen molar-refractivity contribution in [3.05, 3.63) is 65.7 Å². The lowest BCUT2D eigenvalue weighted by Crippen LogP contribution is -2.59. The van der Waals surface area contributed by atoms with Crippen molar-refractivity contribution < 1.29 is 5.11 Å². The van der Waals surface area contributed by atoms with Crippen LogP contribution in [0.1, 0.15) is 29.9 Å². The third kappa shape index (κ3) is 2.66. The van der Waals surface area contributed by atoms with Gasteiger partial charge in [0.15, 0.2) is 0 Å². The van der Waals surface area contributed by atoms with Crippen LogP contribution in [-0.4, -0.2) is 46.6 Å². The van der Waals surface area contributed by atoms with Crippen LogP contribution in [0.2, 0.25) is 0 Å². The summed E-state index contributed by atoms with van der Waals surface area (Å²) in [5, 5.41) is 9.83. The van der Waals surface area contributed by atoms with Crippen LogP contribution in [0.25, 0.3) is 0 Å². The number of likely N-dealkylation sites (tertiary alicyclic amines) is 1. The van der Waals surface area contributed by atoms with E-state index >= 15 is 0 Å². The number of fused-ring (bicyclic) bond motifs is 2. The van der Waals surface area contributed by atoms with Crippen LogP contribution >= 0.6 is 0 Å². The molecule has 0 aliphatic carbocycles. The summed E-state index contributed by atoms with van der Waals surface area (Å²) in [5.74, 6) is 1.81. The number of hydrogen-bond donors (Lipinski definition) is 1. The second-order valence-electron chi connectivity index (χ2n) is 7.97. The molecule has 6 rings (SSSR count). The van der Waals surface area contributed by atoms with Crippen molar-refractivity contribution in [2.45, 2.75) is 37.4 Å². The highest BCUT2D eigenvalue weighted by Crippen LogP contribution is 2.46. The van der Waals surface area contributed by atoms with E-state index in [-0.39, 0.29) is 0 Å². The zero-order chi connectivity index (χ0) is 16.8. The average Bonchev–Trinajstić information content (AvgIpc) is 3.05. The molecule has 0 saturated carbocycles. The Labute approximate surface area is 149 Å². The molecular formula is C22H26N2O. The fraction of sp³-hybridized carbons (Fsp3) is 0.455. The molecule has 130 valence electrons. The van der Waals surface area contributed by atoms with E-state index in [1.807, 2.05) is 12.1 Å². The molecule has 4 saturated heterocycles. The van der Waals surface area contributed by atoms with Crippen LogP contribution in [0.5, 0.6) is 5.75 Å². The monoisotopic (exact) mass is 334 g/mol. The molecule has 3 nitrogen and oxygen atoms in total. The largest absolute Gasteiger partial charge is 0.508 e. The SMILES string of the molecule is Oc1cccc(CN2C[C@H](c3ccccc3)[C@@H]3[C@H]2C2CCN3CC2)c1. The first-order chi connectivity index (χ1) is 12.3. The van der Waals surface area contributed by atoms with E-state index in [0.29, 0.717) is 23.8 Å². The lowest BCUT2D eigenvalue weighted by Gasteiger charge is -2.51. The highest BCUT2D eigenvalue weighted by molar-refractivity contribution is 5.30. The van der Waals surface area contributed by atoms with Gasteiger partial charge in [0.1, 0.15) is 5.75 Å². The Kier molecular flexibility index (Phi) is 3.79. The summed E-state index contributed by atoms with van der Waals surface area (Å²) in [7, 11) is 0. The molecule has 4 aliphatic heterocycles. The number of piperidine rings is 3. The van der Waals surface area contributed by atoms with Crippen LogP contribution in [0.15, 0.2) is 54.6 Å². The van der Waals surface area contributed by atoms with Crippen molar-refractivity contribution in [2.75, 3.05) is 19.6 Å². The van der Waals surface area contributed by atoms with E-state index in [4.69, 9.17) is 0 Å². The van der Waals surface area contributed by atoms with E-state index < -0.39 is 0 Å². The predicted molar refractivity (Wildman–Crippen MR) is 99.6 cm³/mol. The molecule has 0 unspecified atom stereocenters. The Hall–Kier alpha value is -1.84. The fourth-order valence-electron chi connectivity index (χ4n) is 5.61. The van der Waals surface area contributed by atoms with E-state index in [2.05, 4.69) is 46.2 Å². The smallest absolute Gasteiger partial charge is 0.115 e. The topological polar surface area (TPSA) is 26.7 Å². The number of aromatic hydroxyl groups is 1. The molecule has 0 radical (unpaired) electrons. The minimum Gasteiger partial charge on any atom is -0.508 e. The predicted octanol–water partition coefficient (Wildman–Crippen LogP) is 3.45. The zero-order valence-corrected chi connectivity index (χ0v) is 14.6. The molecule has 1 N–H and O–H groups in total. The lowest BCUT2D eigenvalue weighted by atomic mass is 9.75. The van der Waals surface area contributed by atoms with Gasteiger partial charge < -0.3 is 5.11 Å². The first-order valence-electron chi connectivity index (χ1n) is 9.60. The number of benzene rings is 2. The molecule has 2 aromatic rings. The van der Waals surface area contributed by atoms with Gasteiger partial charge in [-0.05, 0) is 55.1 Å². The Morgan fingerprint density at radius 1 is 0.920 bits per heavy atom. The van der Waals surface area contributed by atoms with E-state index in [1.54, 1.807) is 6.07 Å². The Morgan fingerprint density at radius 3 is 2.48 bits per heavy atom. The van der Waals surface area contributed by atoms with Crippen LogP contribution in [0.4, 0.5) is 0 Å². The maximum Gasteiger partial charge on any atom is 0.115 e. The van der Waals surface area contributed by atoms with Crippen molar-refractivity contribution in [1.82, 2.24) is 9.80 Å². The van der Waals surface area contributed by atoms with Gasteiger partial charge in [0.2, 0.25) is 0 Å². The second-order valence-corrected chi connectivity index (χ2v) is 7.97. The van der Waals surface area contributed by atoms with Gasteiger partial charge in [-0.25, -0.2) is 0 Å². The summed E-state index contributed by atoms with van der Waals surface area (Å²) in [5.41, 5.74) is 2.72. The molecule has 3 heteroatoms. The van der Waals surface area contributed by atoms with E-state index in [9.17, 15) is 5.11 Å². The van der Waals surface area contributed by atoms with Crippen molar-refractivity contribution in [2.24, 2.45) is 5.92 Å². The van der Waals surface area contributed by atoms with Gasteiger partial charge in [-0.1, -0.05) is 42.5 Å². The number of rotatable bonds is 3. The second kappa shape index (κ2) is 6.15. The summed E-state index contributed by atoms with van der Waals surface area (Å²) < 4.78 is 0. The molecule has 2 bridgehead atoms. The highest BCUT2D eigenvalue weighted by Gasteiger charge is 2.52.